The van der Waals surface area contributed by atoms with E-state index in [-0.39, 0.29) is 44.1 Å². The van der Waals surface area contributed by atoms with Gasteiger partial charge in [-0.2, -0.15) is 10.8 Å². The summed E-state index contributed by atoms with van der Waals surface area (Å²) in [4.78, 5) is 11.3. The molecule has 3 heteroatoms. The molecule has 0 amide bonds. The number of hydrogen-bond donors (Lipinski definition) is 0. The Morgan fingerprint density at radius 2 is 2.21 bits per heavy atom. The Balaban J connectivity index is 0.00000169. The smallest absolute Gasteiger partial charge is 0.0830 e. The summed E-state index contributed by atoms with van der Waals surface area (Å²) >= 11 is 0. The van der Waals surface area contributed by atoms with Crippen molar-refractivity contribution in [3.05, 3.63) is 23.3 Å². The first kappa shape index (κ1) is 13.3. The van der Waals surface area contributed by atoms with Crippen LogP contribution in [0.5, 0.6) is 0 Å². The molecule has 1 aliphatic carbocycles. The maximum Gasteiger partial charge on any atom is 0.0830 e. The van der Waals surface area contributed by atoms with E-state index < -0.39 is 5.41 Å². The molecule has 0 fully saturated rings. The predicted molar refractivity (Wildman–Crippen MR) is 48.1 cm³/mol. The van der Waals surface area contributed by atoms with Crippen LogP contribution in [0.4, 0.5) is 0 Å². The van der Waals surface area contributed by atoms with Gasteiger partial charge in [0.25, 0.3) is 0 Å². The zero-order chi connectivity index (χ0) is 10.1. The van der Waals surface area contributed by atoms with E-state index in [4.69, 9.17) is 11.7 Å². The topological polar surface area (TPSA) is 40.9 Å². The Kier molecular flexibility index (Phi) is 4.46. The van der Waals surface area contributed by atoms with Gasteiger partial charge in [-0.25, -0.2) is 6.08 Å². The number of ketones is 1. The van der Waals surface area contributed by atoms with E-state index in [0.29, 0.717) is 5.57 Å². The number of nitriles is 1. The molecule has 0 spiro atoms. The minimum atomic E-state index is -0.719. The number of allylic oxidation sites excluding steroid dienone is 4. The van der Waals surface area contributed by atoms with Crippen LogP contribution in [-0.4, -0.2) is 5.78 Å². The second-order valence-electron chi connectivity index (χ2n) is 3.10. The summed E-state index contributed by atoms with van der Waals surface area (Å²) in [6.45, 7) is 3.35. The molecule has 0 aliphatic heterocycles. The van der Waals surface area contributed by atoms with Crippen LogP contribution in [0.2, 0.25) is 0 Å². The third kappa shape index (κ3) is 2.41. The Bertz CT molecular complexity index is 406. The second-order valence-corrected chi connectivity index (χ2v) is 3.10. The Hall–Kier alpha value is -0.696. The van der Waals surface area contributed by atoms with Crippen LogP contribution in [0.1, 0.15) is 13.8 Å². The summed E-state index contributed by atoms with van der Waals surface area (Å²) in [5.74, 6) is 2.20. The van der Waals surface area contributed by atoms with Crippen molar-refractivity contribution in [3.63, 3.8) is 0 Å². The molecule has 1 atom stereocenters. The molecule has 0 aromatic heterocycles. The average Bonchev–Trinajstić information content (AvgIpc) is 2.11. The van der Waals surface area contributed by atoms with Gasteiger partial charge in [0.2, 0.25) is 0 Å². The van der Waals surface area contributed by atoms with Gasteiger partial charge in [0.1, 0.15) is 0 Å². The molecule has 0 aromatic rings. The fourth-order valence-electron chi connectivity index (χ4n) is 1.20. The summed E-state index contributed by atoms with van der Waals surface area (Å²) in [5.41, 5.74) is -0.195. The number of carbonyl (C=O) groups excluding carboxylic acids is 1. The van der Waals surface area contributed by atoms with E-state index >= 15 is 0 Å². The van der Waals surface area contributed by atoms with E-state index in [1.807, 2.05) is 6.07 Å². The second kappa shape index (κ2) is 4.69. The van der Waals surface area contributed by atoms with Crippen molar-refractivity contribution in [2.24, 2.45) is 5.41 Å². The number of hydrogen-bond acceptors (Lipinski definition) is 2. The molecule has 1 aliphatic rings. The van der Waals surface area contributed by atoms with E-state index in [0.717, 1.165) is 0 Å². The molecule has 14 heavy (non-hydrogen) atoms. The third-order valence-electron chi connectivity index (χ3n) is 1.89. The number of carbonyl (C=O) groups is 1. The molecule has 1 radical (unpaired) electrons. The quantitative estimate of drug-likeness (QED) is 0.487. The molecule has 0 N–H and O–H groups in total. The van der Waals surface area contributed by atoms with Crippen molar-refractivity contribution in [1.82, 2.24) is 0 Å². The average molecular weight is 259 g/mol. The Morgan fingerprint density at radius 1 is 1.64 bits per heavy atom. The van der Waals surface area contributed by atoms with Crippen LogP contribution in [0.25, 0.3) is 0 Å². The number of rotatable bonds is 0. The van der Waals surface area contributed by atoms with Crippen molar-refractivity contribution in [2.45, 2.75) is 13.8 Å². The predicted octanol–water partition coefficient (Wildman–Crippen LogP) is 1.41. The van der Waals surface area contributed by atoms with Crippen molar-refractivity contribution in [3.8, 4) is 18.4 Å². The molecule has 0 saturated heterocycles. The molecular weight excluding hydrogens is 251 g/mol. The van der Waals surface area contributed by atoms with Crippen molar-refractivity contribution >= 4 is 5.78 Å². The van der Waals surface area contributed by atoms with Gasteiger partial charge < -0.3 is 4.79 Å². The first-order valence-electron chi connectivity index (χ1n) is 3.79. The van der Waals surface area contributed by atoms with Crippen LogP contribution in [0.15, 0.2) is 17.2 Å². The van der Waals surface area contributed by atoms with E-state index in [9.17, 15) is 4.79 Å². The van der Waals surface area contributed by atoms with Crippen LogP contribution < -0.4 is 0 Å². The van der Waals surface area contributed by atoms with Gasteiger partial charge in [-0.15, -0.1) is 12.3 Å². The summed E-state index contributed by atoms with van der Waals surface area (Å²) in [6.07, 6.45) is 9.61. The van der Waals surface area contributed by atoms with E-state index in [1.54, 1.807) is 13.8 Å². The van der Waals surface area contributed by atoms with Gasteiger partial charge in [0.15, 0.2) is 0 Å². The van der Waals surface area contributed by atoms with Gasteiger partial charge >= 0.3 is 0 Å². The Labute approximate surface area is 109 Å². The molecule has 1 rings (SSSR count). The third-order valence-corrected chi connectivity index (χ3v) is 1.89. The SMILES string of the molecule is C#CC1(C)[C-]=C(C)C(=O)C(C#N)=C1.[Y]. The summed E-state index contributed by atoms with van der Waals surface area (Å²) in [7, 11) is 0. The minimum Gasteiger partial charge on any atom is -0.401 e. The zero-order valence-electron chi connectivity index (χ0n) is 8.09. The molecular formula is C11H8NOY-. The monoisotopic (exact) mass is 259 g/mol. The maximum absolute atomic E-state index is 11.3. The first-order valence-corrected chi connectivity index (χ1v) is 3.79. The molecule has 0 bridgehead atoms. The zero-order valence-corrected chi connectivity index (χ0v) is 10.9. The van der Waals surface area contributed by atoms with Crippen LogP contribution in [-0.2, 0) is 37.5 Å². The van der Waals surface area contributed by atoms with Gasteiger partial charge in [-0.1, -0.05) is 19.9 Å². The van der Waals surface area contributed by atoms with Crippen molar-refractivity contribution in [1.29, 1.82) is 5.26 Å². The fraction of sp³-hybridized carbons (Fsp3) is 0.273. The van der Waals surface area contributed by atoms with Gasteiger partial charge in [-0.05, 0) is 5.41 Å². The maximum atomic E-state index is 11.3. The Morgan fingerprint density at radius 3 is 2.64 bits per heavy atom. The molecule has 0 saturated carbocycles. The van der Waals surface area contributed by atoms with Crippen LogP contribution in [0, 0.1) is 35.2 Å². The first-order chi connectivity index (χ1) is 6.02. The van der Waals surface area contributed by atoms with Gasteiger partial charge in [-0.3, -0.25) is 0 Å². The minimum absolute atomic E-state index is 0. The molecule has 2 nitrogen and oxygen atoms in total. The molecule has 0 heterocycles. The fourth-order valence-corrected chi connectivity index (χ4v) is 1.20. The summed E-state index contributed by atoms with van der Waals surface area (Å²) in [5, 5.41) is 8.66. The van der Waals surface area contributed by atoms with Gasteiger partial charge in [0, 0.05) is 44.1 Å². The van der Waals surface area contributed by atoms with Crippen molar-refractivity contribution < 1.29 is 37.5 Å². The largest absolute Gasteiger partial charge is 0.401 e. The van der Waals surface area contributed by atoms with Crippen molar-refractivity contribution in [2.75, 3.05) is 0 Å². The van der Waals surface area contributed by atoms with E-state index in [1.165, 1.54) is 6.08 Å². The summed E-state index contributed by atoms with van der Waals surface area (Å²) < 4.78 is 0. The number of Topliss-reactive ketones (excluding diaryl/α,β-unsaturated/α-hetero) is 1. The van der Waals surface area contributed by atoms with Crippen LogP contribution in [0.3, 0.4) is 0 Å². The van der Waals surface area contributed by atoms with Gasteiger partial charge in [0.05, 0.1) is 6.07 Å². The van der Waals surface area contributed by atoms with Crippen LogP contribution >= 0.6 is 0 Å². The van der Waals surface area contributed by atoms with E-state index in [2.05, 4.69) is 12.0 Å². The summed E-state index contributed by atoms with van der Waals surface area (Å²) in [6, 6.07) is 1.83. The molecule has 67 valence electrons. The number of nitrogens with zero attached hydrogens (tertiary/aromatic N) is 1. The molecule has 0 aromatic carbocycles. The number of terminal acetylenes is 1. The normalized spacial score (nSPS) is 25.0. The standard InChI is InChI=1S/C11H8NO.Y/c1-4-11(3)5-8(2)10(13)9(6-11)7-12;/h1,6H,2-3H3;/q-1;. The molecule has 1 unspecified atom stereocenters.